The molecule has 0 atom stereocenters. The van der Waals surface area contributed by atoms with E-state index in [2.05, 4.69) is 47.4 Å². The summed E-state index contributed by atoms with van der Waals surface area (Å²) in [6.07, 6.45) is 1.67. The van der Waals surface area contributed by atoms with Crippen molar-refractivity contribution in [3.8, 4) is 11.3 Å². The monoisotopic (exact) mass is 480 g/mol. The molecule has 3 heterocycles. The molecule has 0 saturated heterocycles. The van der Waals surface area contributed by atoms with Crippen molar-refractivity contribution >= 4 is 33.2 Å². The van der Waals surface area contributed by atoms with Crippen molar-refractivity contribution in [1.82, 2.24) is 30.7 Å². The Morgan fingerprint density at radius 2 is 1.94 bits per heavy atom. The van der Waals surface area contributed by atoms with Crippen LogP contribution >= 0.6 is 15.9 Å². The maximum absolute atomic E-state index is 14.4. The Kier molecular flexibility index (Phi) is 5.00. The van der Waals surface area contributed by atoms with Crippen molar-refractivity contribution in [2.75, 3.05) is 12.4 Å². The maximum Gasteiger partial charge on any atom is 0.172 e. The fourth-order valence-corrected chi connectivity index (χ4v) is 3.65. The first-order chi connectivity index (χ1) is 15.1. The number of anilines is 1. The summed E-state index contributed by atoms with van der Waals surface area (Å²) >= 11 is 3.47. The minimum atomic E-state index is -0.319. The van der Waals surface area contributed by atoms with Gasteiger partial charge in [-0.05, 0) is 33.6 Å². The summed E-state index contributed by atoms with van der Waals surface area (Å²) in [5.74, 6) is 1.15. The Morgan fingerprint density at radius 3 is 2.68 bits per heavy atom. The fourth-order valence-electron chi connectivity index (χ4n) is 3.30. The molecule has 3 N–H and O–H groups in total. The van der Waals surface area contributed by atoms with E-state index in [0.717, 1.165) is 21.4 Å². The van der Waals surface area contributed by atoms with Gasteiger partial charge in [0.15, 0.2) is 11.5 Å². The highest BCUT2D eigenvalue weighted by Gasteiger charge is 2.14. The Balaban J connectivity index is 1.42. The van der Waals surface area contributed by atoms with Crippen LogP contribution in [0.1, 0.15) is 11.1 Å². The van der Waals surface area contributed by atoms with Gasteiger partial charge in [0, 0.05) is 30.8 Å². The van der Waals surface area contributed by atoms with Gasteiger partial charge in [0.05, 0.1) is 16.4 Å². The SMILES string of the molecule is CN1NN=C(c2ccc(CNc3cc(-c4ccccc4F)nc4c(Br)cnn34)cc2)N1. The molecule has 0 fully saturated rings. The molecule has 0 saturated carbocycles. The largest absolute Gasteiger partial charge is 0.366 e. The molecule has 4 aromatic rings. The molecule has 0 radical (unpaired) electrons. The number of rotatable bonds is 5. The third-order valence-electron chi connectivity index (χ3n) is 4.86. The normalized spacial score (nSPS) is 13.7. The molecule has 10 heteroatoms. The Hall–Kier alpha value is -3.50. The molecule has 0 amide bonds. The summed E-state index contributed by atoms with van der Waals surface area (Å²) in [4.78, 5) is 4.59. The lowest BCUT2D eigenvalue weighted by atomic mass is 10.1. The molecule has 0 aliphatic carbocycles. The first-order valence-corrected chi connectivity index (χ1v) is 10.3. The van der Waals surface area contributed by atoms with Gasteiger partial charge in [0.1, 0.15) is 11.6 Å². The number of nitrogens with zero attached hydrogens (tertiary/aromatic N) is 5. The van der Waals surface area contributed by atoms with E-state index >= 15 is 0 Å². The molecule has 31 heavy (non-hydrogen) atoms. The third-order valence-corrected chi connectivity index (χ3v) is 5.42. The van der Waals surface area contributed by atoms with Gasteiger partial charge in [-0.15, -0.1) is 10.2 Å². The van der Waals surface area contributed by atoms with Crippen molar-refractivity contribution in [3.05, 3.63) is 82.2 Å². The van der Waals surface area contributed by atoms with Gasteiger partial charge in [-0.1, -0.05) is 36.4 Å². The minimum absolute atomic E-state index is 0.319. The van der Waals surface area contributed by atoms with Crippen molar-refractivity contribution in [3.63, 3.8) is 0 Å². The quantitative estimate of drug-likeness (QED) is 0.405. The Labute approximate surface area is 185 Å². The number of hydrogen-bond acceptors (Lipinski definition) is 7. The number of hydrazone groups is 1. The molecule has 0 unspecified atom stereocenters. The van der Waals surface area contributed by atoms with E-state index in [-0.39, 0.29) is 5.82 Å². The van der Waals surface area contributed by atoms with Crippen LogP contribution in [0.2, 0.25) is 0 Å². The molecule has 0 spiro atoms. The average molecular weight is 481 g/mol. The second-order valence-corrected chi connectivity index (χ2v) is 7.87. The van der Waals surface area contributed by atoms with E-state index < -0.39 is 0 Å². The molecule has 5 rings (SSSR count). The molecule has 2 aromatic heterocycles. The fraction of sp³-hybridized carbons (Fsp3) is 0.0952. The van der Waals surface area contributed by atoms with Gasteiger partial charge < -0.3 is 5.32 Å². The first kappa shape index (κ1) is 19.5. The van der Waals surface area contributed by atoms with E-state index in [4.69, 9.17) is 0 Å². The van der Waals surface area contributed by atoms with E-state index in [1.165, 1.54) is 6.07 Å². The predicted molar refractivity (Wildman–Crippen MR) is 120 cm³/mol. The van der Waals surface area contributed by atoms with Crippen molar-refractivity contribution < 1.29 is 4.39 Å². The number of benzene rings is 2. The minimum Gasteiger partial charge on any atom is -0.366 e. The molecular formula is C21H18BrFN8. The predicted octanol–water partition coefficient (Wildman–Crippen LogP) is 3.53. The van der Waals surface area contributed by atoms with Gasteiger partial charge in [-0.3, -0.25) is 5.43 Å². The first-order valence-electron chi connectivity index (χ1n) is 9.54. The zero-order chi connectivity index (χ0) is 21.4. The van der Waals surface area contributed by atoms with Gasteiger partial charge in [-0.25, -0.2) is 14.9 Å². The molecule has 2 aromatic carbocycles. The van der Waals surface area contributed by atoms with E-state index in [9.17, 15) is 4.39 Å². The number of hydrogen-bond donors (Lipinski definition) is 3. The zero-order valence-electron chi connectivity index (χ0n) is 16.5. The van der Waals surface area contributed by atoms with E-state index in [1.54, 1.807) is 40.1 Å². The lowest BCUT2D eigenvalue weighted by Gasteiger charge is -2.12. The summed E-state index contributed by atoms with van der Waals surface area (Å²) in [7, 11) is 1.84. The third kappa shape index (κ3) is 3.82. The van der Waals surface area contributed by atoms with Crippen molar-refractivity contribution in [2.45, 2.75) is 6.54 Å². The molecule has 156 valence electrons. The second kappa shape index (κ2) is 7.97. The average Bonchev–Trinajstić information content (AvgIpc) is 3.39. The summed E-state index contributed by atoms with van der Waals surface area (Å²) in [6, 6.07) is 16.5. The highest BCUT2D eigenvalue weighted by Crippen LogP contribution is 2.27. The summed E-state index contributed by atoms with van der Waals surface area (Å²) in [6.45, 7) is 0.561. The van der Waals surface area contributed by atoms with Crippen molar-refractivity contribution in [2.24, 2.45) is 5.10 Å². The number of hydrazine groups is 2. The van der Waals surface area contributed by atoms with Gasteiger partial charge in [0.2, 0.25) is 0 Å². The summed E-state index contributed by atoms with van der Waals surface area (Å²) < 4.78 is 16.8. The van der Waals surface area contributed by atoms with Gasteiger partial charge in [-0.2, -0.15) is 9.61 Å². The van der Waals surface area contributed by atoms with E-state index in [1.807, 2.05) is 31.3 Å². The van der Waals surface area contributed by atoms with Crippen LogP contribution in [0.5, 0.6) is 0 Å². The van der Waals surface area contributed by atoms with Crippen molar-refractivity contribution in [1.29, 1.82) is 0 Å². The van der Waals surface area contributed by atoms with Gasteiger partial charge in [0.25, 0.3) is 0 Å². The lowest BCUT2D eigenvalue weighted by Crippen LogP contribution is -2.37. The van der Waals surface area contributed by atoms with Crippen LogP contribution < -0.4 is 16.3 Å². The Morgan fingerprint density at radius 1 is 1.13 bits per heavy atom. The smallest absolute Gasteiger partial charge is 0.172 e. The second-order valence-electron chi connectivity index (χ2n) is 7.02. The summed E-state index contributed by atoms with van der Waals surface area (Å²) in [5, 5.41) is 13.7. The van der Waals surface area contributed by atoms with Crippen LogP contribution in [-0.4, -0.2) is 32.6 Å². The molecule has 8 nitrogen and oxygen atoms in total. The standard InChI is InChI=1S/C21H18BrFN8/c1-30-28-20(27-29-30)14-8-6-13(7-9-14)11-24-19-10-18(15-4-2-3-5-17(15)23)26-21-16(22)12-25-31(19)21/h2-10,12,24,29H,11H2,1H3,(H,27,28). The molecular weight excluding hydrogens is 463 g/mol. The lowest BCUT2D eigenvalue weighted by molar-refractivity contribution is 0.232. The number of amidine groups is 1. The highest BCUT2D eigenvalue weighted by atomic mass is 79.9. The van der Waals surface area contributed by atoms with Crippen LogP contribution in [0.4, 0.5) is 10.2 Å². The molecule has 0 bridgehead atoms. The maximum atomic E-state index is 14.4. The number of nitrogens with one attached hydrogen (secondary N) is 3. The van der Waals surface area contributed by atoms with Crippen LogP contribution in [0.3, 0.4) is 0 Å². The van der Waals surface area contributed by atoms with Crippen LogP contribution in [0.15, 0.2) is 70.4 Å². The number of aromatic nitrogens is 3. The molecule has 1 aliphatic heterocycles. The topological polar surface area (TPSA) is 81.9 Å². The highest BCUT2D eigenvalue weighted by molar-refractivity contribution is 9.10. The van der Waals surface area contributed by atoms with Crippen LogP contribution in [-0.2, 0) is 6.54 Å². The molecule has 1 aliphatic rings. The zero-order valence-corrected chi connectivity index (χ0v) is 18.1. The Bertz CT molecular complexity index is 1280. The van der Waals surface area contributed by atoms with Crippen LogP contribution in [0.25, 0.3) is 16.9 Å². The summed E-state index contributed by atoms with van der Waals surface area (Å²) in [5.41, 5.74) is 9.56. The number of fused-ring (bicyclic) bond motifs is 1. The van der Waals surface area contributed by atoms with Gasteiger partial charge >= 0.3 is 0 Å². The van der Waals surface area contributed by atoms with E-state index in [0.29, 0.717) is 29.3 Å². The number of halogens is 2. The van der Waals surface area contributed by atoms with Crippen LogP contribution in [0, 0.1) is 5.82 Å².